The third-order valence-electron chi connectivity index (χ3n) is 4.99. The number of nitrogens with zero attached hydrogens (tertiary/aromatic N) is 1. The number of amides is 1. The second-order valence-corrected chi connectivity index (χ2v) is 8.19. The minimum atomic E-state index is -3.91. The lowest BCUT2D eigenvalue weighted by molar-refractivity contribution is 0.0994. The zero-order chi connectivity index (χ0) is 20.8. The van der Waals surface area contributed by atoms with Gasteiger partial charge in [0.1, 0.15) is 0 Å². The Morgan fingerprint density at radius 2 is 1.76 bits per heavy atom. The van der Waals surface area contributed by atoms with Gasteiger partial charge in [-0.15, -0.1) is 0 Å². The minimum Gasteiger partial charge on any atom is -0.493 e. The molecule has 0 saturated carbocycles. The number of benzene rings is 3. The van der Waals surface area contributed by atoms with Crippen LogP contribution in [0.1, 0.15) is 17.3 Å². The van der Waals surface area contributed by atoms with Crippen molar-refractivity contribution in [1.82, 2.24) is 0 Å². The molecule has 4 rings (SSSR count). The van der Waals surface area contributed by atoms with Gasteiger partial charge in [0.25, 0.3) is 15.9 Å². The van der Waals surface area contributed by atoms with Gasteiger partial charge in [0.15, 0.2) is 11.5 Å². The fourth-order valence-electron chi connectivity index (χ4n) is 3.68. The van der Waals surface area contributed by atoms with Gasteiger partial charge in [-0.2, -0.15) is 0 Å². The quantitative estimate of drug-likeness (QED) is 0.668. The molecule has 0 unspecified atom stereocenters. The summed E-state index contributed by atoms with van der Waals surface area (Å²) in [5, 5.41) is 1.17. The van der Waals surface area contributed by atoms with Crippen molar-refractivity contribution in [2.45, 2.75) is 11.8 Å². The van der Waals surface area contributed by atoms with Crippen molar-refractivity contribution in [3.63, 3.8) is 0 Å². The van der Waals surface area contributed by atoms with Crippen molar-refractivity contribution in [3.8, 4) is 11.5 Å². The van der Waals surface area contributed by atoms with Crippen LogP contribution in [-0.2, 0) is 10.0 Å². The monoisotopic (exact) mass is 412 g/mol. The van der Waals surface area contributed by atoms with Crippen LogP contribution >= 0.6 is 0 Å². The predicted octanol–water partition coefficient (Wildman–Crippen LogP) is 3.64. The summed E-state index contributed by atoms with van der Waals surface area (Å²) in [6, 6.07) is 13.1. The molecule has 0 atom stereocenters. The SMILES string of the molecule is CCN1C(=O)c2cccc3c(S(=O)(=O)Nc4ccc(OC)c(OC)c4)ccc1c23. The summed E-state index contributed by atoms with van der Waals surface area (Å²) in [5.74, 6) is 0.798. The van der Waals surface area contributed by atoms with Crippen LogP contribution in [0.2, 0.25) is 0 Å². The van der Waals surface area contributed by atoms with E-state index in [2.05, 4.69) is 4.72 Å². The van der Waals surface area contributed by atoms with E-state index in [1.165, 1.54) is 20.3 Å². The summed E-state index contributed by atoms with van der Waals surface area (Å²) in [6.45, 7) is 2.40. The topological polar surface area (TPSA) is 84.9 Å². The first-order valence-electron chi connectivity index (χ1n) is 9.03. The zero-order valence-electron chi connectivity index (χ0n) is 16.2. The van der Waals surface area contributed by atoms with E-state index in [0.717, 1.165) is 5.69 Å². The fourth-order valence-corrected chi connectivity index (χ4v) is 4.93. The van der Waals surface area contributed by atoms with E-state index in [-0.39, 0.29) is 10.8 Å². The van der Waals surface area contributed by atoms with Gasteiger partial charge in [-0.1, -0.05) is 12.1 Å². The number of rotatable bonds is 6. The number of carbonyl (C=O) groups is 1. The van der Waals surface area contributed by atoms with Gasteiger partial charge in [-0.25, -0.2) is 8.42 Å². The number of methoxy groups -OCH3 is 2. The molecule has 3 aromatic rings. The molecule has 0 spiro atoms. The zero-order valence-corrected chi connectivity index (χ0v) is 17.0. The van der Waals surface area contributed by atoms with Crippen LogP contribution in [0.4, 0.5) is 11.4 Å². The Kier molecular flexibility index (Phi) is 4.58. The highest BCUT2D eigenvalue weighted by Crippen LogP contribution is 2.40. The van der Waals surface area contributed by atoms with Crippen LogP contribution in [0, 0.1) is 0 Å². The maximum atomic E-state index is 13.2. The lowest BCUT2D eigenvalue weighted by Gasteiger charge is -2.16. The van der Waals surface area contributed by atoms with Gasteiger partial charge in [-0.05, 0) is 37.3 Å². The van der Waals surface area contributed by atoms with Gasteiger partial charge in [0.05, 0.1) is 30.5 Å². The van der Waals surface area contributed by atoms with Crippen molar-refractivity contribution in [2.75, 3.05) is 30.4 Å². The molecule has 7 nitrogen and oxygen atoms in total. The normalized spacial score (nSPS) is 13.1. The molecule has 0 radical (unpaired) electrons. The Hall–Kier alpha value is -3.26. The lowest BCUT2D eigenvalue weighted by atomic mass is 10.1. The largest absolute Gasteiger partial charge is 0.493 e. The summed E-state index contributed by atoms with van der Waals surface area (Å²) in [7, 11) is -0.917. The van der Waals surface area contributed by atoms with E-state index >= 15 is 0 Å². The Morgan fingerprint density at radius 1 is 1.00 bits per heavy atom. The average Bonchev–Trinajstić information content (AvgIpc) is 3.00. The molecule has 0 fully saturated rings. The molecule has 1 N–H and O–H groups in total. The number of sulfonamides is 1. The molecule has 150 valence electrons. The maximum absolute atomic E-state index is 13.2. The van der Waals surface area contributed by atoms with Crippen LogP contribution in [-0.4, -0.2) is 35.1 Å². The van der Waals surface area contributed by atoms with Crippen LogP contribution in [0.25, 0.3) is 10.8 Å². The van der Waals surface area contributed by atoms with Crippen LogP contribution in [0.5, 0.6) is 11.5 Å². The average molecular weight is 412 g/mol. The molecule has 3 aromatic carbocycles. The van der Waals surface area contributed by atoms with Crippen LogP contribution in [0.3, 0.4) is 0 Å². The molecule has 0 bridgehead atoms. The Labute approximate surface area is 168 Å². The molecule has 1 aliphatic rings. The van der Waals surface area contributed by atoms with Gasteiger partial charge in [0.2, 0.25) is 0 Å². The Morgan fingerprint density at radius 3 is 2.45 bits per heavy atom. The number of hydrogen-bond donors (Lipinski definition) is 1. The van der Waals surface area contributed by atoms with E-state index in [0.29, 0.717) is 40.1 Å². The van der Waals surface area contributed by atoms with Crippen LogP contribution in [0.15, 0.2) is 53.4 Å². The second kappa shape index (κ2) is 6.97. The molecule has 1 heterocycles. The van der Waals surface area contributed by atoms with Crippen molar-refractivity contribution >= 4 is 38.1 Å². The third-order valence-corrected chi connectivity index (χ3v) is 6.43. The maximum Gasteiger partial charge on any atom is 0.262 e. The van der Waals surface area contributed by atoms with Gasteiger partial charge in [0, 0.05) is 28.9 Å². The second-order valence-electron chi connectivity index (χ2n) is 6.54. The number of anilines is 2. The van der Waals surface area contributed by atoms with Gasteiger partial charge in [-0.3, -0.25) is 9.52 Å². The summed E-state index contributed by atoms with van der Waals surface area (Å²) < 4.78 is 39.3. The van der Waals surface area contributed by atoms with E-state index in [1.807, 2.05) is 6.92 Å². The number of ether oxygens (including phenoxy) is 2. The van der Waals surface area contributed by atoms with E-state index in [1.54, 1.807) is 47.4 Å². The first-order chi connectivity index (χ1) is 13.9. The van der Waals surface area contributed by atoms with E-state index < -0.39 is 10.0 Å². The molecule has 0 aromatic heterocycles. The molecule has 8 heteroatoms. The van der Waals surface area contributed by atoms with Crippen molar-refractivity contribution < 1.29 is 22.7 Å². The summed E-state index contributed by atoms with van der Waals surface area (Å²) >= 11 is 0. The predicted molar refractivity (Wildman–Crippen MR) is 112 cm³/mol. The molecule has 0 aliphatic carbocycles. The summed E-state index contributed by atoms with van der Waals surface area (Å²) in [6.07, 6.45) is 0. The van der Waals surface area contributed by atoms with Crippen molar-refractivity contribution in [3.05, 3.63) is 54.1 Å². The first-order valence-corrected chi connectivity index (χ1v) is 10.5. The highest BCUT2D eigenvalue weighted by atomic mass is 32.2. The molecule has 0 saturated heterocycles. The van der Waals surface area contributed by atoms with Gasteiger partial charge >= 0.3 is 0 Å². The molecule has 1 aliphatic heterocycles. The smallest absolute Gasteiger partial charge is 0.262 e. The summed E-state index contributed by atoms with van der Waals surface area (Å²) in [5.41, 5.74) is 1.59. The van der Waals surface area contributed by atoms with Crippen molar-refractivity contribution in [2.24, 2.45) is 0 Å². The molecule has 29 heavy (non-hydrogen) atoms. The standard InChI is InChI=1S/C21H20N2O5S/c1-4-23-16-9-11-19(14-6-5-7-15(20(14)16)21(23)24)29(25,26)22-13-8-10-17(27-2)18(12-13)28-3/h5-12,22H,4H2,1-3H3. The molecular weight excluding hydrogens is 392 g/mol. The Bertz CT molecular complexity index is 1240. The first kappa shape index (κ1) is 19.1. The molecular formula is C21H20N2O5S. The number of carbonyl (C=O) groups excluding carboxylic acids is 1. The van der Waals surface area contributed by atoms with Crippen molar-refractivity contribution in [1.29, 1.82) is 0 Å². The number of nitrogens with one attached hydrogen (secondary N) is 1. The summed E-state index contributed by atoms with van der Waals surface area (Å²) in [4.78, 5) is 14.4. The minimum absolute atomic E-state index is 0.110. The van der Waals surface area contributed by atoms with Crippen LogP contribution < -0.4 is 19.1 Å². The fraction of sp³-hybridized carbons (Fsp3) is 0.190. The highest BCUT2D eigenvalue weighted by Gasteiger charge is 2.31. The Balaban J connectivity index is 1.82. The lowest BCUT2D eigenvalue weighted by Crippen LogP contribution is -2.25. The number of hydrogen-bond acceptors (Lipinski definition) is 5. The molecule has 1 amide bonds. The third kappa shape index (κ3) is 2.96. The van der Waals surface area contributed by atoms with Gasteiger partial charge < -0.3 is 14.4 Å². The highest BCUT2D eigenvalue weighted by molar-refractivity contribution is 7.93. The van der Waals surface area contributed by atoms with E-state index in [9.17, 15) is 13.2 Å². The van der Waals surface area contributed by atoms with E-state index in [4.69, 9.17) is 9.47 Å².